The average molecular weight is 170 g/mol. The lowest BCUT2D eigenvalue weighted by Gasteiger charge is -2.19. The first-order valence-electron chi connectivity index (χ1n) is 3.60. The van der Waals surface area contributed by atoms with E-state index < -0.39 is 17.4 Å². The van der Waals surface area contributed by atoms with E-state index >= 15 is 0 Å². The third-order valence-electron chi connectivity index (χ3n) is 2.08. The molecule has 0 atom stereocenters. The van der Waals surface area contributed by atoms with E-state index in [1.54, 1.807) is 12.2 Å². The van der Waals surface area contributed by atoms with Gasteiger partial charge in [0.05, 0.1) is 7.11 Å². The van der Waals surface area contributed by atoms with Crippen molar-refractivity contribution in [3.05, 3.63) is 12.2 Å². The number of carbonyl (C=O) groups is 2. The number of rotatable bonds is 2. The minimum atomic E-state index is -1.35. The molecule has 1 rings (SSSR count). The number of methoxy groups -OCH3 is 1. The maximum atomic E-state index is 11.1. The lowest BCUT2D eigenvalue weighted by molar-refractivity contribution is -0.166. The van der Waals surface area contributed by atoms with Crippen LogP contribution < -0.4 is 0 Å². The number of ether oxygens (including phenoxy) is 1. The SMILES string of the molecule is COC(=O)C1(C(=O)O)CC=CC1. The van der Waals surface area contributed by atoms with Crippen LogP contribution in [0.2, 0.25) is 0 Å². The zero-order valence-corrected chi connectivity index (χ0v) is 6.74. The Morgan fingerprint density at radius 2 is 1.92 bits per heavy atom. The molecule has 0 aromatic carbocycles. The number of aliphatic carboxylic acids is 1. The molecule has 0 bridgehead atoms. The van der Waals surface area contributed by atoms with Crippen LogP contribution in [-0.4, -0.2) is 24.2 Å². The number of carboxylic acid groups (broad SMARTS) is 1. The second-order valence-corrected chi connectivity index (χ2v) is 2.76. The second-order valence-electron chi connectivity index (χ2n) is 2.76. The van der Waals surface area contributed by atoms with Crippen LogP contribution >= 0.6 is 0 Å². The highest BCUT2D eigenvalue weighted by atomic mass is 16.5. The van der Waals surface area contributed by atoms with Gasteiger partial charge in [0.25, 0.3) is 0 Å². The molecule has 4 nitrogen and oxygen atoms in total. The minimum Gasteiger partial charge on any atom is -0.480 e. The molecule has 0 aromatic heterocycles. The number of carboxylic acids is 1. The van der Waals surface area contributed by atoms with Crippen molar-refractivity contribution in [3.63, 3.8) is 0 Å². The van der Waals surface area contributed by atoms with Gasteiger partial charge in [-0.3, -0.25) is 9.59 Å². The molecule has 0 aliphatic heterocycles. The summed E-state index contributed by atoms with van der Waals surface area (Å²) in [6, 6.07) is 0. The summed E-state index contributed by atoms with van der Waals surface area (Å²) in [5, 5.41) is 8.82. The van der Waals surface area contributed by atoms with Gasteiger partial charge in [-0.15, -0.1) is 0 Å². The van der Waals surface area contributed by atoms with E-state index in [4.69, 9.17) is 5.11 Å². The van der Waals surface area contributed by atoms with Gasteiger partial charge in [-0.1, -0.05) is 12.2 Å². The largest absolute Gasteiger partial charge is 0.480 e. The third-order valence-corrected chi connectivity index (χ3v) is 2.08. The van der Waals surface area contributed by atoms with Gasteiger partial charge in [-0.2, -0.15) is 0 Å². The molecule has 0 heterocycles. The van der Waals surface area contributed by atoms with Gasteiger partial charge in [0.15, 0.2) is 5.41 Å². The van der Waals surface area contributed by atoms with Crippen LogP contribution in [0.25, 0.3) is 0 Å². The van der Waals surface area contributed by atoms with Crippen molar-refractivity contribution in [2.45, 2.75) is 12.8 Å². The normalized spacial score (nSPS) is 19.1. The minimum absolute atomic E-state index is 0.231. The van der Waals surface area contributed by atoms with Crippen molar-refractivity contribution >= 4 is 11.9 Å². The molecule has 1 aliphatic carbocycles. The van der Waals surface area contributed by atoms with Gasteiger partial charge in [0.1, 0.15) is 0 Å². The zero-order chi connectivity index (χ0) is 9.19. The van der Waals surface area contributed by atoms with E-state index in [-0.39, 0.29) is 12.8 Å². The summed E-state index contributed by atoms with van der Waals surface area (Å²) in [4.78, 5) is 21.9. The van der Waals surface area contributed by atoms with E-state index in [1.807, 2.05) is 0 Å². The van der Waals surface area contributed by atoms with Crippen LogP contribution in [0.15, 0.2) is 12.2 Å². The second kappa shape index (κ2) is 2.97. The molecule has 1 N–H and O–H groups in total. The van der Waals surface area contributed by atoms with E-state index in [0.717, 1.165) is 0 Å². The summed E-state index contributed by atoms with van der Waals surface area (Å²) in [7, 11) is 1.20. The summed E-state index contributed by atoms with van der Waals surface area (Å²) in [6.45, 7) is 0. The first kappa shape index (κ1) is 8.77. The Kier molecular flexibility index (Phi) is 2.17. The molecule has 1 aliphatic rings. The summed E-state index contributed by atoms with van der Waals surface area (Å²) in [5.74, 6) is -1.78. The first-order chi connectivity index (χ1) is 5.63. The van der Waals surface area contributed by atoms with E-state index in [2.05, 4.69) is 4.74 Å². The molecule has 0 saturated heterocycles. The summed E-state index contributed by atoms with van der Waals surface area (Å²) < 4.78 is 4.44. The van der Waals surface area contributed by atoms with Crippen molar-refractivity contribution in [2.75, 3.05) is 7.11 Å². The van der Waals surface area contributed by atoms with Crippen LogP contribution in [0.4, 0.5) is 0 Å². The summed E-state index contributed by atoms with van der Waals surface area (Å²) >= 11 is 0. The van der Waals surface area contributed by atoms with Gasteiger partial charge >= 0.3 is 11.9 Å². The molecular weight excluding hydrogens is 160 g/mol. The highest BCUT2D eigenvalue weighted by Gasteiger charge is 2.47. The molecule has 0 spiro atoms. The Hall–Kier alpha value is -1.32. The molecule has 0 saturated carbocycles. The lowest BCUT2D eigenvalue weighted by Crippen LogP contribution is -2.37. The Balaban J connectivity index is 2.88. The summed E-state index contributed by atoms with van der Waals surface area (Å²) in [6.07, 6.45) is 3.83. The van der Waals surface area contributed by atoms with Gasteiger partial charge < -0.3 is 9.84 Å². The van der Waals surface area contributed by atoms with Crippen molar-refractivity contribution in [1.29, 1.82) is 0 Å². The maximum Gasteiger partial charge on any atom is 0.323 e. The molecular formula is C8H10O4. The first-order valence-corrected chi connectivity index (χ1v) is 3.60. The Morgan fingerprint density at radius 3 is 2.25 bits per heavy atom. The Labute approximate surface area is 69.8 Å². The van der Waals surface area contributed by atoms with Gasteiger partial charge in [0.2, 0.25) is 0 Å². The highest BCUT2D eigenvalue weighted by Crippen LogP contribution is 2.34. The smallest absolute Gasteiger partial charge is 0.323 e. The predicted octanol–water partition coefficient (Wildman–Crippen LogP) is 0.580. The van der Waals surface area contributed by atoms with Crippen LogP contribution in [0.1, 0.15) is 12.8 Å². The molecule has 0 amide bonds. The van der Waals surface area contributed by atoms with E-state index in [1.165, 1.54) is 7.11 Å². The number of esters is 1. The Bertz CT molecular complexity index is 233. The Morgan fingerprint density at radius 1 is 1.42 bits per heavy atom. The monoisotopic (exact) mass is 170 g/mol. The van der Waals surface area contributed by atoms with Crippen molar-refractivity contribution in [1.82, 2.24) is 0 Å². The molecule has 0 radical (unpaired) electrons. The number of allylic oxidation sites excluding steroid dienone is 2. The number of carbonyl (C=O) groups excluding carboxylic acids is 1. The number of hydrogen-bond donors (Lipinski definition) is 1. The van der Waals surface area contributed by atoms with Gasteiger partial charge in [-0.05, 0) is 12.8 Å². The maximum absolute atomic E-state index is 11.1. The van der Waals surface area contributed by atoms with E-state index in [9.17, 15) is 9.59 Å². The van der Waals surface area contributed by atoms with Gasteiger partial charge in [-0.25, -0.2) is 0 Å². The molecule has 0 unspecified atom stereocenters. The molecule has 0 fully saturated rings. The zero-order valence-electron chi connectivity index (χ0n) is 6.74. The predicted molar refractivity (Wildman–Crippen MR) is 40.5 cm³/mol. The lowest BCUT2D eigenvalue weighted by atomic mass is 9.86. The van der Waals surface area contributed by atoms with Crippen LogP contribution in [0.5, 0.6) is 0 Å². The molecule has 12 heavy (non-hydrogen) atoms. The molecule has 4 heteroatoms. The van der Waals surface area contributed by atoms with Crippen molar-refractivity contribution in [2.24, 2.45) is 5.41 Å². The van der Waals surface area contributed by atoms with Crippen molar-refractivity contribution in [3.8, 4) is 0 Å². The molecule has 0 aromatic rings. The standard InChI is InChI=1S/C8H10O4/c1-12-7(11)8(6(9)10)4-2-3-5-8/h2-3H,4-5H2,1H3,(H,9,10). The average Bonchev–Trinajstić information content (AvgIpc) is 2.52. The number of hydrogen-bond acceptors (Lipinski definition) is 3. The van der Waals surface area contributed by atoms with Gasteiger partial charge in [0, 0.05) is 0 Å². The summed E-state index contributed by atoms with van der Waals surface area (Å²) in [5.41, 5.74) is -1.35. The van der Waals surface area contributed by atoms with E-state index in [0.29, 0.717) is 0 Å². The fraction of sp³-hybridized carbons (Fsp3) is 0.500. The highest BCUT2D eigenvalue weighted by molar-refractivity contribution is 6.00. The third kappa shape index (κ3) is 1.09. The van der Waals surface area contributed by atoms with Crippen LogP contribution in [-0.2, 0) is 14.3 Å². The van der Waals surface area contributed by atoms with Crippen LogP contribution in [0.3, 0.4) is 0 Å². The van der Waals surface area contributed by atoms with Crippen molar-refractivity contribution < 1.29 is 19.4 Å². The molecule has 66 valence electrons. The quantitative estimate of drug-likeness (QED) is 0.374. The topological polar surface area (TPSA) is 63.6 Å². The fourth-order valence-corrected chi connectivity index (χ4v) is 1.28. The van der Waals surface area contributed by atoms with Crippen LogP contribution in [0, 0.1) is 5.41 Å². The fourth-order valence-electron chi connectivity index (χ4n) is 1.28.